The lowest BCUT2D eigenvalue weighted by Gasteiger charge is -2.08. The molecule has 0 aromatic heterocycles. The number of aliphatic hydroxyl groups excluding tert-OH is 1. The van der Waals surface area contributed by atoms with Gasteiger partial charge >= 0.3 is 12.1 Å². The highest BCUT2D eigenvalue weighted by molar-refractivity contribution is 6.31. The van der Waals surface area contributed by atoms with Crippen molar-refractivity contribution in [2.24, 2.45) is 10.2 Å². The fraction of sp³-hybridized carbons (Fsp3) is 0.250. The van der Waals surface area contributed by atoms with Gasteiger partial charge in [-0.05, 0) is 18.2 Å². The quantitative estimate of drug-likeness (QED) is 0.281. The Morgan fingerprint density at radius 3 is 2.55 bits per heavy atom. The molecule has 0 saturated carbocycles. The van der Waals surface area contributed by atoms with Crippen LogP contribution in [0.5, 0.6) is 0 Å². The number of nitrogens with zero attached hydrogens (tertiary/aromatic N) is 2. The van der Waals surface area contributed by atoms with Gasteiger partial charge in [-0.25, -0.2) is 4.79 Å². The molecule has 0 spiro atoms. The van der Waals surface area contributed by atoms with E-state index in [1.54, 1.807) is 0 Å². The molecule has 0 aliphatic carbocycles. The van der Waals surface area contributed by atoms with E-state index in [9.17, 15) is 23.1 Å². The lowest BCUT2D eigenvalue weighted by atomic mass is 10.2. The zero-order chi connectivity index (χ0) is 16.9. The van der Waals surface area contributed by atoms with Gasteiger partial charge in [-0.1, -0.05) is 11.6 Å². The molecule has 0 saturated heterocycles. The minimum Gasteiger partial charge on any atom is -0.508 e. The Labute approximate surface area is 133 Å². The van der Waals surface area contributed by atoms with Crippen molar-refractivity contribution in [2.75, 3.05) is 13.0 Å². The number of benzene rings is 1. The van der Waals surface area contributed by atoms with E-state index < -0.39 is 40.1 Å². The molecule has 1 aromatic rings. The minimum atomic E-state index is -4.66. The van der Waals surface area contributed by atoms with Crippen molar-refractivity contribution < 1.29 is 27.8 Å². The highest BCUT2D eigenvalue weighted by Gasteiger charge is 2.33. The van der Waals surface area contributed by atoms with Crippen LogP contribution < -0.4 is 0 Å². The molecule has 5 nitrogen and oxygen atoms in total. The number of azo groups is 1. The van der Waals surface area contributed by atoms with Gasteiger partial charge in [-0.15, -0.1) is 16.7 Å². The Morgan fingerprint density at radius 1 is 1.41 bits per heavy atom. The molecule has 120 valence electrons. The van der Waals surface area contributed by atoms with Gasteiger partial charge in [0.15, 0.2) is 0 Å². The van der Waals surface area contributed by atoms with Gasteiger partial charge in [-0.3, -0.25) is 0 Å². The second-order valence-electron chi connectivity index (χ2n) is 3.78. The van der Waals surface area contributed by atoms with Crippen LogP contribution in [-0.2, 0) is 15.7 Å². The third-order valence-electron chi connectivity index (χ3n) is 2.30. The maximum atomic E-state index is 12.7. The molecule has 0 heterocycles. The standard InChI is InChI=1S/C12H9Cl2F3N2O3/c1-22-11(21)10(9(20)5-13)19-18-6-2-3-8(14)7(4-6)12(15,16)17/h2-4,20H,5H2,1H3. The Bertz CT molecular complexity index is 631. The molecule has 1 aromatic carbocycles. The number of ether oxygens (including phenoxy) is 1. The van der Waals surface area contributed by atoms with Crippen molar-refractivity contribution in [3.63, 3.8) is 0 Å². The smallest absolute Gasteiger partial charge is 0.417 e. The van der Waals surface area contributed by atoms with Crippen LogP contribution in [0.15, 0.2) is 39.9 Å². The number of carbonyl (C=O) groups excluding carboxylic acids is 1. The molecule has 0 aliphatic heterocycles. The number of alkyl halides is 4. The molecule has 0 unspecified atom stereocenters. The van der Waals surface area contributed by atoms with Crippen LogP contribution in [0, 0.1) is 0 Å². The molecule has 22 heavy (non-hydrogen) atoms. The monoisotopic (exact) mass is 356 g/mol. The van der Waals surface area contributed by atoms with Gasteiger partial charge in [0.05, 0.1) is 29.3 Å². The molecule has 0 bridgehead atoms. The minimum absolute atomic E-state index is 0.222. The molecule has 0 radical (unpaired) electrons. The third kappa shape index (κ3) is 4.60. The Balaban J connectivity index is 3.21. The van der Waals surface area contributed by atoms with Crippen LogP contribution in [0.2, 0.25) is 5.02 Å². The van der Waals surface area contributed by atoms with Gasteiger partial charge in [0, 0.05) is 0 Å². The molecule has 1 N–H and O–H groups in total. The van der Waals surface area contributed by atoms with E-state index in [0.717, 1.165) is 19.2 Å². The van der Waals surface area contributed by atoms with Crippen molar-refractivity contribution in [3.8, 4) is 0 Å². The molecule has 1 rings (SSSR count). The van der Waals surface area contributed by atoms with Crippen LogP contribution >= 0.6 is 23.2 Å². The van der Waals surface area contributed by atoms with Crippen LogP contribution in [-0.4, -0.2) is 24.1 Å². The van der Waals surface area contributed by atoms with Crippen molar-refractivity contribution >= 4 is 34.9 Å². The maximum absolute atomic E-state index is 12.7. The summed E-state index contributed by atoms with van der Waals surface area (Å²) in [7, 11) is 1.03. The SMILES string of the molecule is COC(=O)C(N=Nc1ccc(Cl)c(C(F)(F)F)c1)=C(O)CCl. The number of carbonyl (C=O) groups is 1. The average Bonchev–Trinajstić information content (AvgIpc) is 2.47. The van der Waals surface area contributed by atoms with E-state index in [-0.39, 0.29) is 5.69 Å². The van der Waals surface area contributed by atoms with Gasteiger partial charge in [-0.2, -0.15) is 18.3 Å². The average molecular weight is 357 g/mol. The van der Waals surface area contributed by atoms with Crippen LogP contribution in [0.4, 0.5) is 18.9 Å². The van der Waals surface area contributed by atoms with Gasteiger partial charge < -0.3 is 9.84 Å². The van der Waals surface area contributed by atoms with Crippen LogP contribution in [0.3, 0.4) is 0 Å². The first-order valence-corrected chi connectivity index (χ1v) is 6.46. The molecule has 10 heteroatoms. The summed E-state index contributed by atoms with van der Waals surface area (Å²) in [4.78, 5) is 11.4. The summed E-state index contributed by atoms with van der Waals surface area (Å²) in [6, 6.07) is 2.80. The molecule has 0 aliphatic rings. The highest BCUT2D eigenvalue weighted by atomic mass is 35.5. The predicted octanol–water partition coefficient (Wildman–Crippen LogP) is 4.62. The second kappa shape index (κ2) is 7.46. The highest BCUT2D eigenvalue weighted by Crippen LogP contribution is 2.36. The van der Waals surface area contributed by atoms with E-state index in [1.807, 2.05) is 0 Å². The lowest BCUT2D eigenvalue weighted by molar-refractivity contribution is -0.138. The van der Waals surface area contributed by atoms with Crippen molar-refractivity contribution in [1.82, 2.24) is 0 Å². The number of hydrogen-bond acceptors (Lipinski definition) is 5. The van der Waals surface area contributed by atoms with Gasteiger partial charge in [0.25, 0.3) is 0 Å². The summed E-state index contributed by atoms with van der Waals surface area (Å²) in [6.45, 7) is 0. The van der Waals surface area contributed by atoms with E-state index >= 15 is 0 Å². The third-order valence-corrected chi connectivity index (χ3v) is 2.88. The van der Waals surface area contributed by atoms with Crippen LogP contribution in [0.25, 0.3) is 0 Å². The number of esters is 1. The summed E-state index contributed by atoms with van der Waals surface area (Å²) in [5.41, 5.74) is -1.93. The Morgan fingerprint density at radius 2 is 2.05 bits per heavy atom. The first-order chi connectivity index (χ1) is 10.2. The number of hydrogen-bond donors (Lipinski definition) is 1. The van der Waals surface area contributed by atoms with Gasteiger partial charge in [0.1, 0.15) is 5.76 Å². The van der Waals surface area contributed by atoms with Crippen molar-refractivity contribution in [2.45, 2.75) is 6.18 Å². The first-order valence-electron chi connectivity index (χ1n) is 5.55. The summed E-state index contributed by atoms with van der Waals surface area (Å²) in [6.07, 6.45) is -4.66. The number of aliphatic hydroxyl groups is 1. The predicted molar refractivity (Wildman–Crippen MR) is 73.4 cm³/mol. The summed E-state index contributed by atoms with van der Waals surface area (Å²) in [5.74, 6) is -2.10. The van der Waals surface area contributed by atoms with E-state index in [0.29, 0.717) is 6.07 Å². The number of halogens is 5. The normalized spacial score (nSPS) is 13.2. The topological polar surface area (TPSA) is 71.2 Å². The maximum Gasteiger partial charge on any atom is 0.417 e. The van der Waals surface area contributed by atoms with E-state index in [4.69, 9.17) is 23.2 Å². The zero-order valence-corrected chi connectivity index (χ0v) is 12.5. The molecule has 0 atom stereocenters. The van der Waals surface area contributed by atoms with Crippen molar-refractivity contribution in [1.29, 1.82) is 0 Å². The summed E-state index contributed by atoms with van der Waals surface area (Å²) in [5, 5.41) is 15.7. The van der Waals surface area contributed by atoms with E-state index in [2.05, 4.69) is 15.0 Å². The number of methoxy groups -OCH3 is 1. The summed E-state index contributed by atoms with van der Waals surface area (Å²) < 4.78 is 42.4. The number of rotatable bonds is 4. The fourth-order valence-corrected chi connectivity index (χ4v) is 1.63. The second-order valence-corrected chi connectivity index (χ2v) is 4.46. The summed E-state index contributed by atoms with van der Waals surface area (Å²) >= 11 is 10.8. The molecule has 0 fully saturated rings. The van der Waals surface area contributed by atoms with Crippen LogP contribution in [0.1, 0.15) is 5.56 Å². The van der Waals surface area contributed by atoms with E-state index in [1.165, 1.54) is 0 Å². The fourth-order valence-electron chi connectivity index (χ4n) is 1.28. The first kappa shape index (κ1) is 18.2. The Hall–Kier alpha value is -1.80. The molecular weight excluding hydrogens is 348 g/mol. The largest absolute Gasteiger partial charge is 0.508 e. The molecule has 0 amide bonds. The zero-order valence-electron chi connectivity index (χ0n) is 11.0. The van der Waals surface area contributed by atoms with Gasteiger partial charge in [0.2, 0.25) is 5.70 Å². The van der Waals surface area contributed by atoms with Crippen molar-refractivity contribution in [3.05, 3.63) is 40.2 Å². The number of allylic oxidation sites excluding steroid dienone is 1. The molecular formula is C12H9Cl2F3N2O3. The lowest BCUT2D eigenvalue weighted by Crippen LogP contribution is -2.07. The Kier molecular flexibility index (Phi) is 6.19.